The molecule has 0 bridgehead atoms. The molecule has 0 aliphatic rings. The fourth-order valence-electron chi connectivity index (χ4n) is 1.88. The summed E-state index contributed by atoms with van der Waals surface area (Å²) in [5.41, 5.74) is 2.84. The van der Waals surface area contributed by atoms with Gasteiger partial charge in [0.15, 0.2) is 0 Å². The van der Waals surface area contributed by atoms with Crippen LogP contribution in [-0.4, -0.2) is 4.20 Å². The molecule has 3 aromatic rings. The van der Waals surface area contributed by atoms with Gasteiger partial charge in [-0.1, -0.05) is 91.0 Å². The van der Waals surface area contributed by atoms with Crippen molar-refractivity contribution in [2.75, 3.05) is 0 Å². The van der Waals surface area contributed by atoms with Crippen LogP contribution in [0.5, 0.6) is 0 Å². The molecule has 0 amide bonds. The Morgan fingerprint density at radius 2 is 0.867 bits per heavy atom. The van der Waals surface area contributed by atoms with Crippen LogP contribution in [0.4, 0.5) is 0 Å². The predicted octanol–water partition coefficient (Wildman–Crippen LogP) is 6.31. The van der Waals surface area contributed by atoms with E-state index in [2.05, 4.69) is 50.5 Å². The Hall–Kier alpha value is 0.719. The summed E-state index contributed by atoms with van der Waals surface area (Å²) >= 11 is 36.0. The smallest absolute Gasteiger partial charge is 0 e. The van der Waals surface area contributed by atoms with Crippen molar-refractivity contribution in [2.24, 2.45) is 0 Å². The minimum Gasteiger partial charge on any atom is -0.760 e. The molecule has 0 saturated carbocycles. The second-order valence-corrected chi connectivity index (χ2v) is 12.5. The van der Waals surface area contributed by atoms with Gasteiger partial charge < -0.3 is 50.1 Å². The maximum Gasteiger partial charge on any atom is 0 e. The maximum atomic E-state index is 4.98. The number of thiol groups is 4. The van der Waals surface area contributed by atoms with E-state index in [0.29, 0.717) is 4.20 Å². The monoisotopic (exact) mass is 626 g/mol. The van der Waals surface area contributed by atoms with Crippen molar-refractivity contribution in [3.05, 3.63) is 108 Å². The fraction of sp³-hybridized carbons (Fsp3) is 0.0952. The van der Waals surface area contributed by atoms with Crippen LogP contribution in [0.2, 0.25) is 0 Å². The van der Waals surface area contributed by atoms with Gasteiger partial charge in [-0.2, -0.15) is 50.5 Å². The molecule has 0 saturated heterocycles. The summed E-state index contributed by atoms with van der Waals surface area (Å²) in [7, 11) is 0. The van der Waals surface area contributed by atoms with Gasteiger partial charge in [-0.05, 0) is 23.5 Å². The third kappa shape index (κ3) is 13.3. The van der Waals surface area contributed by atoms with E-state index in [-0.39, 0.29) is 20.1 Å². The number of rotatable bonds is 3. The van der Waals surface area contributed by atoms with E-state index in [4.69, 9.17) is 50.1 Å². The molecule has 3 rings (SSSR count). The molecule has 9 heteroatoms. The molecule has 0 aliphatic carbocycles. The molecule has 3 aromatic carbocycles. The van der Waals surface area contributed by atoms with Gasteiger partial charge in [0.05, 0.1) is 0 Å². The van der Waals surface area contributed by atoms with Crippen molar-refractivity contribution in [3.8, 4) is 0 Å². The summed E-state index contributed by atoms with van der Waals surface area (Å²) in [6, 6.07) is 28.8. The molecule has 0 nitrogen and oxygen atoms in total. The Bertz CT molecular complexity index is 795. The zero-order chi connectivity index (χ0) is 21.9. The average molecular weight is 627 g/mol. The molecule has 1 radical (unpaired) electrons. The molecule has 0 unspecified atom stereocenters. The van der Waals surface area contributed by atoms with E-state index in [1.165, 1.54) is 0 Å². The molecular formula is C21H19S8Tc-3. The fourth-order valence-corrected chi connectivity index (χ4v) is 3.03. The van der Waals surface area contributed by atoms with Crippen LogP contribution in [0, 0.1) is 0 Å². The summed E-state index contributed by atoms with van der Waals surface area (Å²) in [6.45, 7) is 0. The van der Waals surface area contributed by atoms with Gasteiger partial charge in [0.2, 0.25) is 0 Å². The Morgan fingerprint density at radius 1 is 0.600 bits per heavy atom. The SMILES string of the molecule is S=C([S-])c1ccccc1.[99Tc].[S-]C(S)(S)c1ccccc1.[S-]C(S)(S)c1ccccc1. The third-order valence-corrected chi connectivity index (χ3v) is 5.28. The predicted molar refractivity (Wildman–Crippen MR) is 152 cm³/mol. The number of hydrogen-bond acceptors (Lipinski definition) is 8. The average Bonchev–Trinajstić information content (AvgIpc) is 2.70. The molecule has 0 aromatic heterocycles. The Balaban J connectivity index is 0.000000414. The first-order valence-electron chi connectivity index (χ1n) is 8.19. The topological polar surface area (TPSA) is 0 Å². The van der Waals surface area contributed by atoms with Gasteiger partial charge in [-0.25, -0.2) is 0 Å². The van der Waals surface area contributed by atoms with Crippen LogP contribution < -0.4 is 0 Å². The molecule has 0 aliphatic heterocycles. The zero-order valence-corrected chi connectivity index (χ0v) is 24.2. The van der Waals surface area contributed by atoms with Crippen molar-refractivity contribution in [2.45, 2.75) is 6.82 Å². The summed E-state index contributed by atoms with van der Waals surface area (Å²) in [4.78, 5) is 0. The molecule has 0 atom stereocenters. The number of hydrogen-bond donors (Lipinski definition) is 4. The first kappa shape index (κ1) is 30.7. The summed E-state index contributed by atoms with van der Waals surface area (Å²) < 4.78 is -0.932. The van der Waals surface area contributed by atoms with Crippen molar-refractivity contribution >= 4 is 105 Å². The van der Waals surface area contributed by atoms with E-state index in [0.717, 1.165) is 16.7 Å². The minimum atomic E-state index is -0.735. The van der Waals surface area contributed by atoms with Crippen LogP contribution >= 0.6 is 62.7 Å². The van der Waals surface area contributed by atoms with E-state index in [1.807, 2.05) is 91.0 Å². The summed E-state index contributed by atoms with van der Waals surface area (Å²) in [6.07, 6.45) is 0. The van der Waals surface area contributed by atoms with Gasteiger partial charge in [0, 0.05) is 20.1 Å². The Morgan fingerprint density at radius 3 is 1.03 bits per heavy atom. The first-order valence-corrected chi connectivity index (χ1v) is 11.6. The third-order valence-electron chi connectivity index (χ3n) is 3.31. The maximum absolute atomic E-state index is 4.98. The van der Waals surface area contributed by atoms with Crippen LogP contribution in [0.3, 0.4) is 0 Å². The Kier molecular flexibility index (Phi) is 15.9. The quantitative estimate of drug-likeness (QED) is 0.116. The molecule has 0 heterocycles. The molecule has 0 fully saturated rings. The molecular weight excluding hydrogens is 608 g/mol. The molecule has 30 heavy (non-hydrogen) atoms. The van der Waals surface area contributed by atoms with E-state index in [1.54, 1.807) is 0 Å². The van der Waals surface area contributed by atoms with E-state index >= 15 is 0 Å². The van der Waals surface area contributed by atoms with Crippen molar-refractivity contribution in [1.82, 2.24) is 0 Å². The van der Waals surface area contributed by atoms with Crippen LogP contribution in [0.25, 0.3) is 0 Å². The van der Waals surface area contributed by atoms with Gasteiger partial charge in [0.25, 0.3) is 0 Å². The summed E-state index contributed by atoms with van der Waals surface area (Å²) in [5.74, 6) is 0. The van der Waals surface area contributed by atoms with E-state index < -0.39 is 6.82 Å². The van der Waals surface area contributed by atoms with Gasteiger partial charge in [-0.15, -0.1) is 4.20 Å². The molecule has 0 spiro atoms. The molecule has 161 valence electrons. The number of thiocarbonyl (C=S) groups is 1. The second-order valence-electron chi connectivity index (χ2n) is 5.60. The van der Waals surface area contributed by atoms with E-state index in [9.17, 15) is 0 Å². The van der Waals surface area contributed by atoms with Gasteiger partial charge in [-0.3, -0.25) is 0 Å². The molecule has 0 N–H and O–H groups in total. The zero-order valence-electron chi connectivity index (χ0n) is 15.5. The van der Waals surface area contributed by atoms with Crippen molar-refractivity contribution < 1.29 is 20.1 Å². The minimum absolute atomic E-state index is 0. The normalized spacial score (nSPS) is 10.3. The Labute approximate surface area is 237 Å². The van der Waals surface area contributed by atoms with Crippen molar-refractivity contribution in [3.63, 3.8) is 0 Å². The van der Waals surface area contributed by atoms with Crippen molar-refractivity contribution in [1.29, 1.82) is 0 Å². The van der Waals surface area contributed by atoms with Crippen LogP contribution in [0.15, 0.2) is 91.0 Å². The standard InChI is InChI=1S/2C7H8S3.C7H6S2.Tc/c2*8-7(9,10)6-4-2-1-3-5-6;8-7(9)6-4-2-1-3-5-6;/h2*1-5,8-10H;1-5H,(H,8,9);/p-3/i;;;1+1. The van der Waals surface area contributed by atoms with Crippen LogP contribution in [-0.2, 0) is 64.8 Å². The van der Waals surface area contributed by atoms with Gasteiger partial charge in [0.1, 0.15) is 0 Å². The number of benzene rings is 3. The second kappa shape index (κ2) is 15.5. The first-order chi connectivity index (χ1) is 13.5. The largest absolute Gasteiger partial charge is 0.760 e. The van der Waals surface area contributed by atoms with Crippen LogP contribution in [0.1, 0.15) is 16.7 Å². The van der Waals surface area contributed by atoms with Gasteiger partial charge >= 0.3 is 0 Å². The summed E-state index contributed by atoms with van der Waals surface area (Å²) in [5, 5.41) is 0.